The van der Waals surface area contributed by atoms with Crippen LogP contribution in [0.15, 0.2) is 47.4 Å². The number of nitrogens with zero attached hydrogens (tertiary/aromatic N) is 1. The molecule has 0 spiro atoms. The molecule has 1 amide bonds. The highest BCUT2D eigenvalue weighted by atomic mass is 35.5. The van der Waals surface area contributed by atoms with E-state index in [9.17, 15) is 13.2 Å². The highest BCUT2D eigenvalue weighted by Gasteiger charge is 2.40. The highest BCUT2D eigenvalue weighted by molar-refractivity contribution is 7.90. The number of nitrogens with one attached hydrogen (secondary N) is 1. The van der Waals surface area contributed by atoms with Crippen molar-refractivity contribution < 1.29 is 22.7 Å². The molecule has 1 atom stereocenters. The summed E-state index contributed by atoms with van der Waals surface area (Å²) in [6.07, 6.45) is 3.40. The predicted molar refractivity (Wildman–Crippen MR) is 129 cm³/mol. The van der Waals surface area contributed by atoms with Crippen LogP contribution in [0.5, 0.6) is 11.5 Å². The predicted octanol–water partition coefficient (Wildman–Crippen LogP) is 3.80. The van der Waals surface area contributed by atoms with E-state index in [0.29, 0.717) is 13.0 Å². The van der Waals surface area contributed by atoms with Gasteiger partial charge < -0.3 is 14.8 Å². The number of hydrogen-bond acceptors (Lipinski definition) is 6. The molecule has 2 aliphatic rings. The maximum atomic E-state index is 12.6. The lowest BCUT2D eigenvalue weighted by Crippen LogP contribution is -2.35. The summed E-state index contributed by atoms with van der Waals surface area (Å²) in [5, 5.41) is 3.40. The number of aryl methyl sites for hydroxylation is 1. The third kappa shape index (κ3) is 5.45. The van der Waals surface area contributed by atoms with Crippen molar-refractivity contribution in [3.63, 3.8) is 0 Å². The van der Waals surface area contributed by atoms with Crippen LogP contribution < -0.4 is 14.8 Å². The van der Waals surface area contributed by atoms with Gasteiger partial charge in [-0.05, 0) is 69.8 Å². The quantitative estimate of drug-likeness (QED) is 0.534. The lowest BCUT2D eigenvalue weighted by molar-refractivity contribution is 0.0869. The first-order valence-electron chi connectivity index (χ1n) is 11.2. The topological polar surface area (TPSA) is 84.9 Å². The van der Waals surface area contributed by atoms with E-state index in [0.717, 1.165) is 41.6 Å². The van der Waals surface area contributed by atoms with Gasteiger partial charge in [0, 0.05) is 13.1 Å². The number of benzene rings is 2. The van der Waals surface area contributed by atoms with Gasteiger partial charge in [0.15, 0.2) is 11.5 Å². The van der Waals surface area contributed by atoms with Crippen molar-refractivity contribution >= 4 is 28.3 Å². The largest absolute Gasteiger partial charge is 0.487 e. The summed E-state index contributed by atoms with van der Waals surface area (Å²) >= 11 is 0. The van der Waals surface area contributed by atoms with Crippen LogP contribution in [0.1, 0.15) is 49.0 Å². The molecule has 0 bridgehead atoms. The van der Waals surface area contributed by atoms with E-state index in [1.807, 2.05) is 26.0 Å². The van der Waals surface area contributed by atoms with Gasteiger partial charge >= 0.3 is 0 Å². The van der Waals surface area contributed by atoms with E-state index >= 15 is 0 Å². The Labute approximate surface area is 201 Å². The lowest BCUT2D eigenvalue weighted by atomic mass is 10.0. The Morgan fingerprint density at radius 1 is 1.15 bits per heavy atom. The van der Waals surface area contributed by atoms with Gasteiger partial charge in [-0.1, -0.05) is 24.3 Å². The Hall–Kier alpha value is -2.29. The van der Waals surface area contributed by atoms with Crippen LogP contribution in [0.4, 0.5) is 0 Å². The first kappa shape index (κ1) is 25.3. The van der Waals surface area contributed by atoms with Crippen LogP contribution in [-0.4, -0.2) is 50.5 Å². The monoisotopic (exact) mass is 494 g/mol. The zero-order valence-electron chi connectivity index (χ0n) is 19.0. The van der Waals surface area contributed by atoms with Crippen LogP contribution in [0, 0.1) is 0 Å². The summed E-state index contributed by atoms with van der Waals surface area (Å²) in [4.78, 5) is 12.5. The Morgan fingerprint density at radius 3 is 2.70 bits per heavy atom. The van der Waals surface area contributed by atoms with Gasteiger partial charge in [-0.2, -0.15) is 0 Å². The van der Waals surface area contributed by atoms with E-state index in [1.54, 1.807) is 18.2 Å². The zero-order valence-corrected chi connectivity index (χ0v) is 20.6. The molecule has 9 heteroatoms. The molecule has 0 saturated carbocycles. The third-order valence-corrected chi connectivity index (χ3v) is 7.53. The van der Waals surface area contributed by atoms with Crippen LogP contribution in [0.25, 0.3) is 0 Å². The van der Waals surface area contributed by atoms with Crippen LogP contribution in [0.3, 0.4) is 0 Å². The third-order valence-electron chi connectivity index (χ3n) is 5.69. The maximum absolute atomic E-state index is 12.6. The number of sulfonamides is 1. The fourth-order valence-electron chi connectivity index (χ4n) is 4.15. The van der Waals surface area contributed by atoms with Gasteiger partial charge in [0.1, 0.15) is 11.0 Å². The molecule has 180 valence electrons. The fraction of sp³-hybridized carbons (Fsp3) is 0.458. The van der Waals surface area contributed by atoms with Crippen molar-refractivity contribution in [3.8, 4) is 11.5 Å². The summed E-state index contributed by atoms with van der Waals surface area (Å²) in [5.41, 5.74) is 1.44. The lowest BCUT2D eigenvalue weighted by Gasteiger charge is -2.28. The molecule has 0 unspecified atom stereocenters. The number of carbonyl (C=O) groups is 1. The molecule has 2 aromatic carbocycles. The number of amides is 1. The van der Waals surface area contributed by atoms with E-state index in [4.69, 9.17) is 9.47 Å². The molecule has 2 aliphatic heterocycles. The second kappa shape index (κ2) is 10.8. The first-order valence-corrected chi connectivity index (χ1v) is 12.6. The molecule has 2 aromatic rings. The number of para-hydroxylation sites is 1. The molecule has 0 aromatic heterocycles. The second-order valence-electron chi connectivity index (χ2n) is 8.48. The minimum atomic E-state index is -3.72. The summed E-state index contributed by atoms with van der Waals surface area (Å²) in [6.45, 7) is 5.64. The number of ether oxygens (including phenoxy) is 2. The molecular formula is C24H31ClN2O5S. The number of carbonyl (C=O) groups excluding carboxylic acids is 1. The molecule has 1 N–H and O–H groups in total. The molecule has 0 aliphatic carbocycles. The van der Waals surface area contributed by atoms with Crippen molar-refractivity contribution in [1.29, 1.82) is 0 Å². The van der Waals surface area contributed by atoms with Crippen LogP contribution in [0.2, 0.25) is 0 Å². The van der Waals surface area contributed by atoms with Crippen molar-refractivity contribution in [1.82, 2.24) is 9.62 Å². The number of hydrogen-bond donors (Lipinski definition) is 1. The van der Waals surface area contributed by atoms with E-state index in [1.165, 1.54) is 11.6 Å². The first-order chi connectivity index (χ1) is 15.4. The average molecular weight is 495 g/mol. The van der Waals surface area contributed by atoms with Gasteiger partial charge in [0.2, 0.25) is 0 Å². The normalized spacial score (nSPS) is 18.3. The number of fused-ring (bicyclic) bond motifs is 2. The summed E-state index contributed by atoms with van der Waals surface area (Å²) in [7, 11) is -3.72. The van der Waals surface area contributed by atoms with Crippen molar-refractivity contribution in [2.75, 3.05) is 19.6 Å². The molecule has 0 fully saturated rings. The number of rotatable bonds is 9. The van der Waals surface area contributed by atoms with Gasteiger partial charge in [0.25, 0.3) is 15.9 Å². The molecule has 0 radical (unpaired) electrons. The summed E-state index contributed by atoms with van der Waals surface area (Å²) in [6, 6.07) is 12.4. The summed E-state index contributed by atoms with van der Waals surface area (Å²) < 4.78 is 38.3. The summed E-state index contributed by atoms with van der Waals surface area (Å²) in [5.74, 6) is 1.21. The van der Waals surface area contributed by atoms with Crippen LogP contribution >= 0.6 is 12.4 Å². The number of unbranched alkanes of at least 4 members (excludes halogenated alkanes) is 1. The Balaban J connectivity index is 0.00000306. The molecule has 33 heavy (non-hydrogen) atoms. The standard InChI is InChI=1S/C24H30N2O5S.ClH/c1-17(2)30-21-10-7-8-18-12-13-19(31-23(18)21)16-25-14-5-6-15-26-24(27)20-9-3-4-11-22(20)32(26,28)29;/h3-4,7-11,17,19,25H,5-6,12-16H2,1-2H3;1H/t19-;/m1./s1. The SMILES string of the molecule is CC(C)Oc1cccc2c1O[C@@H](CNCCCCN1C(=O)c3ccccc3S1(=O)=O)CC2.Cl. The molecule has 7 nitrogen and oxygen atoms in total. The minimum Gasteiger partial charge on any atom is -0.487 e. The van der Waals surface area contributed by atoms with Crippen molar-refractivity contribution in [2.24, 2.45) is 0 Å². The molecule has 4 rings (SSSR count). The molecule has 0 saturated heterocycles. The van der Waals surface area contributed by atoms with E-state index in [-0.39, 0.29) is 41.6 Å². The van der Waals surface area contributed by atoms with E-state index in [2.05, 4.69) is 11.4 Å². The van der Waals surface area contributed by atoms with E-state index < -0.39 is 15.9 Å². The van der Waals surface area contributed by atoms with Gasteiger partial charge in [0.05, 0.1) is 11.7 Å². The van der Waals surface area contributed by atoms with Gasteiger partial charge in [-0.25, -0.2) is 12.7 Å². The minimum absolute atomic E-state index is 0. The fourth-order valence-corrected chi connectivity index (χ4v) is 5.75. The van der Waals surface area contributed by atoms with Crippen molar-refractivity contribution in [3.05, 3.63) is 53.6 Å². The molecule has 2 heterocycles. The number of halogens is 1. The van der Waals surface area contributed by atoms with Gasteiger partial charge in [-0.15, -0.1) is 12.4 Å². The Kier molecular flexibility index (Phi) is 8.26. The Morgan fingerprint density at radius 2 is 1.94 bits per heavy atom. The van der Waals surface area contributed by atoms with Crippen molar-refractivity contribution in [2.45, 2.75) is 56.6 Å². The smallest absolute Gasteiger partial charge is 0.269 e. The average Bonchev–Trinajstić information content (AvgIpc) is 2.96. The second-order valence-corrected chi connectivity index (χ2v) is 10.3. The van der Waals surface area contributed by atoms with Crippen LogP contribution in [-0.2, 0) is 16.4 Å². The zero-order chi connectivity index (χ0) is 22.7. The Bertz CT molecular complexity index is 1090. The van der Waals surface area contributed by atoms with Gasteiger partial charge in [-0.3, -0.25) is 4.79 Å². The highest BCUT2D eigenvalue weighted by Crippen LogP contribution is 2.37. The molecular weight excluding hydrogens is 464 g/mol. The maximum Gasteiger partial charge on any atom is 0.269 e.